The van der Waals surface area contributed by atoms with Crippen LogP contribution in [0, 0.1) is 0 Å². The molecule has 3 amide bonds. The van der Waals surface area contributed by atoms with E-state index in [-0.39, 0.29) is 23.6 Å². The van der Waals surface area contributed by atoms with Crippen molar-refractivity contribution in [3.8, 4) is 0 Å². The first-order valence-corrected chi connectivity index (χ1v) is 6.44. The summed E-state index contributed by atoms with van der Waals surface area (Å²) in [6.45, 7) is 0. The second-order valence-electron chi connectivity index (χ2n) is 4.59. The SMILES string of the molecule is CN1C(=O)CCC(NC(=O)c2ccc(Cl)cc2N)C1=O. The van der Waals surface area contributed by atoms with Crippen molar-refractivity contribution in [2.75, 3.05) is 12.8 Å². The van der Waals surface area contributed by atoms with E-state index in [1.165, 1.54) is 19.2 Å². The van der Waals surface area contributed by atoms with Crippen molar-refractivity contribution >= 4 is 35.0 Å². The van der Waals surface area contributed by atoms with E-state index in [9.17, 15) is 14.4 Å². The molecule has 2 rings (SSSR count). The van der Waals surface area contributed by atoms with Gasteiger partial charge in [0.2, 0.25) is 5.91 Å². The Labute approximate surface area is 120 Å². The van der Waals surface area contributed by atoms with E-state index < -0.39 is 17.9 Å². The van der Waals surface area contributed by atoms with Crippen molar-refractivity contribution in [3.05, 3.63) is 28.8 Å². The van der Waals surface area contributed by atoms with Gasteiger partial charge in [0.25, 0.3) is 11.8 Å². The molecule has 0 radical (unpaired) electrons. The van der Waals surface area contributed by atoms with Crippen LogP contribution in [0.15, 0.2) is 18.2 Å². The third-order valence-electron chi connectivity index (χ3n) is 3.21. The van der Waals surface area contributed by atoms with E-state index in [0.717, 1.165) is 4.90 Å². The Morgan fingerprint density at radius 1 is 1.45 bits per heavy atom. The molecule has 0 bridgehead atoms. The van der Waals surface area contributed by atoms with Gasteiger partial charge in [0, 0.05) is 24.2 Å². The monoisotopic (exact) mass is 295 g/mol. The van der Waals surface area contributed by atoms with E-state index >= 15 is 0 Å². The maximum absolute atomic E-state index is 12.1. The highest BCUT2D eigenvalue weighted by Crippen LogP contribution is 2.19. The van der Waals surface area contributed by atoms with Gasteiger partial charge < -0.3 is 11.1 Å². The minimum absolute atomic E-state index is 0.225. The van der Waals surface area contributed by atoms with E-state index in [2.05, 4.69) is 5.32 Å². The number of rotatable bonds is 2. The number of hydrogen-bond acceptors (Lipinski definition) is 4. The summed E-state index contributed by atoms with van der Waals surface area (Å²) in [5.74, 6) is -1.12. The van der Waals surface area contributed by atoms with Gasteiger partial charge in [-0.15, -0.1) is 0 Å². The molecule has 1 saturated heterocycles. The first-order chi connectivity index (χ1) is 9.40. The van der Waals surface area contributed by atoms with E-state index in [1.807, 2.05) is 0 Å². The summed E-state index contributed by atoms with van der Waals surface area (Å²) >= 11 is 5.76. The van der Waals surface area contributed by atoms with Crippen LogP contribution < -0.4 is 11.1 Å². The zero-order valence-corrected chi connectivity index (χ0v) is 11.6. The normalized spacial score (nSPS) is 19.1. The minimum atomic E-state index is -0.708. The van der Waals surface area contributed by atoms with Crippen LogP contribution in [0.1, 0.15) is 23.2 Å². The lowest BCUT2D eigenvalue weighted by Gasteiger charge is -2.28. The van der Waals surface area contributed by atoms with Gasteiger partial charge >= 0.3 is 0 Å². The highest BCUT2D eigenvalue weighted by atomic mass is 35.5. The molecule has 3 N–H and O–H groups in total. The average molecular weight is 296 g/mol. The first-order valence-electron chi connectivity index (χ1n) is 6.06. The molecule has 1 aromatic rings. The molecule has 6 nitrogen and oxygen atoms in total. The van der Waals surface area contributed by atoms with Crippen molar-refractivity contribution in [2.45, 2.75) is 18.9 Å². The molecule has 1 aromatic carbocycles. The molecule has 7 heteroatoms. The number of likely N-dealkylation sites (tertiary alicyclic amines) is 1. The highest BCUT2D eigenvalue weighted by molar-refractivity contribution is 6.31. The number of imide groups is 1. The number of carbonyl (C=O) groups is 3. The van der Waals surface area contributed by atoms with Crippen LogP contribution in [0.25, 0.3) is 0 Å². The zero-order chi connectivity index (χ0) is 14.9. The van der Waals surface area contributed by atoms with Crippen LogP contribution in [0.4, 0.5) is 5.69 Å². The molecule has 1 heterocycles. The smallest absolute Gasteiger partial charge is 0.254 e. The Morgan fingerprint density at radius 3 is 2.80 bits per heavy atom. The number of nitrogens with zero attached hydrogens (tertiary/aromatic N) is 1. The summed E-state index contributed by atoms with van der Waals surface area (Å²) in [6.07, 6.45) is 0.518. The summed E-state index contributed by atoms with van der Waals surface area (Å²) in [5, 5.41) is 3.02. The van der Waals surface area contributed by atoms with Crippen molar-refractivity contribution in [2.24, 2.45) is 0 Å². The number of nitrogen functional groups attached to an aromatic ring is 1. The van der Waals surface area contributed by atoms with Crippen LogP contribution in [-0.2, 0) is 9.59 Å². The molecule has 0 aliphatic carbocycles. The lowest BCUT2D eigenvalue weighted by Crippen LogP contribution is -2.52. The number of nitrogens with two attached hydrogens (primary N) is 1. The summed E-state index contributed by atoms with van der Waals surface area (Å²) < 4.78 is 0. The van der Waals surface area contributed by atoms with Gasteiger partial charge in [0.15, 0.2) is 0 Å². The summed E-state index contributed by atoms with van der Waals surface area (Å²) in [6, 6.07) is 3.80. The zero-order valence-electron chi connectivity index (χ0n) is 10.9. The van der Waals surface area contributed by atoms with Crippen LogP contribution in [0.5, 0.6) is 0 Å². The fourth-order valence-electron chi connectivity index (χ4n) is 2.03. The molecule has 1 unspecified atom stereocenters. The van der Waals surface area contributed by atoms with E-state index in [0.29, 0.717) is 11.4 Å². The molecule has 1 fully saturated rings. The molecular formula is C13H14ClN3O3. The number of likely N-dealkylation sites (N-methyl/N-ethyl adjacent to an activating group) is 1. The van der Waals surface area contributed by atoms with Crippen LogP contribution in [-0.4, -0.2) is 35.7 Å². The maximum Gasteiger partial charge on any atom is 0.254 e. The summed E-state index contributed by atoms with van der Waals surface area (Å²) in [7, 11) is 1.40. The largest absolute Gasteiger partial charge is 0.398 e. The number of piperidine rings is 1. The van der Waals surface area contributed by atoms with Gasteiger partial charge in [-0.05, 0) is 24.6 Å². The molecule has 1 atom stereocenters. The number of carbonyl (C=O) groups excluding carboxylic acids is 3. The number of nitrogens with one attached hydrogen (secondary N) is 1. The van der Waals surface area contributed by atoms with Gasteiger partial charge in [-0.25, -0.2) is 0 Å². The van der Waals surface area contributed by atoms with Crippen molar-refractivity contribution in [3.63, 3.8) is 0 Å². The molecule has 106 valence electrons. The van der Waals surface area contributed by atoms with Crippen molar-refractivity contribution in [1.29, 1.82) is 0 Å². The molecule has 0 saturated carbocycles. The van der Waals surface area contributed by atoms with E-state index in [4.69, 9.17) is 17.3 Å². The lowest BCUT2D eigenvalue weighted by molar-refractivity contribution is -0.147. The standard InChI is InChI=1S/C13H14ClN3O3/c1-17-11(18)5-4-10(13(17)20)16-12(19)8-3-2-7(14)6-9(8)15/h2-3,6,10H,4-5,15H2,1H3,(H,16,19). The highest BCUT2D eigenvalue weighted by Gasteiger charge is 2.33. The minimum Gasteiger partial charge on any atom is -0.398 e. The number of amides is 3. The third kappa shape index (κ3) is 2.75. The van der Waals surface area contributed by atoms with Crippen molar-refractivity contribution in [1.82, 2.24) is 10.2 Å². The Balaban J connectivity index is 2.12. The number of anilines is 1. The average Bonchev–Trinajstić information content (AvgIpc) is 2.39. The number of benzene rings is 1. The molecule has 1 aliphatic rings. The Hall–Kier alpha value is -2.08. The van der Waals surface area contributed by atoms with E-state index in [1.54, 1.807) is 6.07 Å². The van der Waals surface area contributed by atoms with Crippen LogP contribution in [0.3, 0.4) is 0 Å². The third-order valence-corrected chi connectivity index (χ3v) is 3.45. The second-order valence-corrected chi connectivity index (χ2v) is 5.02. The molecule has 20 heavy (non-hydrogen) atoms. The molecule has 0 spiro atoms. The van der Waals surface area contributed by atoms with Crippen molar-refractivity contribution < 1.29 is 14.4 Å². The number of hydrogen-bond donors (Lipinski definition) is 2. The molecule has 0 aromatic heterocycles. The Bertz CT molecular complexity index is 588. The fraction of sp³-hybridized carbons (Fsp3) is 0.308. The van der Waals surface area contributed by atoms with Gasteiger partial charge in [0.1, 0.15) is 6.04 Å². The van der Waals surface area contributed by atoms with Gasteiger partial charge in [-0.3, -0.25) is 19.3 Å². The Morgan fingerprint density at radius 2 is 2.15 bits per heavy atom. The maximum atomic E-state index is 12.1. The summed E-state index contributed by atoms with van der Waals surface area (Å²) in [4.78, 5) is 36.4. The van der Waals surface area contributed by atoms with Gasteiger partial charge in [-0.1, -0.05) is 11.6 Å². The second kappa shape index (κ2) is 5.50. The van der Waals surface area contributed by atoms with Gasteiger partial charge in [-0.2, -0.15) is 0 Å². The lowest BCUT2D eigenvalue weighted by atomic mass is 10.0. The topological polar surface area (TPSA) is 92.5 Å². The van der Waals surface area contributed by atoms with Crippen LogP contribution >= 0.6 is 11.6 Å². The molecule has 1 aliphatic heterocycles. The predicted octanol–water partition coefficient (Wildman–Crippen LogP) is 0.799. The number of halogens is 1. The predicted molar refractivity (Wildman–Crippen MR) is 74.1 cm³/mol. The molecular weight excluding hydrogens is 282 g/mol. The van der Waals surface area contributed by atoms with Crippen LogP contribution in [0.2, 0.25) is 5.02 Å². The van der Waals surface area contributed by atoms with Gasteiger partial charge in [0.05, 0.1) is 5.56 Å². The summed E-state index contributed by atoms with van der Waals surface area (Å²) in [5.41, 5.74) is 6.21. The quantitative estimate of drug-likeness (QED) is 0.623. The Kier molecular flexibility index (Phi) is 3.94. The first kappa shape index (κ1) is 14.3. The fourth-order valence-corrected chi connectivity index (χ4v) is 2.21.